The molecule has 2 aromatic carbocycles. The molecule has 7 heteroatoms. The van der Waals surface area contributed by atoms with Gasteiger partial charge in [0.15, 0.2) is 0 Å². The Kier molecular flexibility index (Phi) is 6.49. The minimum atomic E-state index is -3.55. The lowest BCUT2D eigenvalue weighted by Crippen LogP contribution is -2.47. The molecule has 0 radical (unpaired) electrons. The first-order valence-electron chi connectivity index (χ1n) is 9.49. The van der Waals surface area contributed by atoms with Crippen molar-refractivity contribution in [2.75, 3.05) is 38.5 Å². The molecule has 150 valence electrons. The molecule has 1 amide bonds. The monoisotopic (exact) mass is 401 g/mol. The normalized spacial score (nSPS) is 16.1. The number of nitrogens with zero attached hydrogens (tertiary/aromatic N) is 2. The van der Waals surface area contributed by atoms with Crippen LogP contribution in [0.1, 0.15) is 17.5 Å². The summed E-state index contributed by atoms with van der Waals surface area (Å²) in [6.45, 7) is 4.41. The van der Waals surface area contributed by atoms with Crippen LogP contribution in [-0.2, 0) is 21.2 Å². The van der Waals surface area contributed by atoms with Crippen LogP contribution in [0.5, 0.6) is 0 Å². The Morgan fingerprint density at radius 1 is 1.04 bits per heavy atom. The number of benzene rings is 2. The van der Waals surface area contributed by atoms with Crippen molar-refractivity contribution in [3.05, 3.63) is 59.7 Å². The first kappa shape index (κ1) is 20.5. The Balaban J connectivity index is 1.63. The van der Waals surface area contributed by atoms with Crippen molar-refractivity contribution in [2.45, 2.75) is 24.7 Å². The lowest BCUT2D eigenvalue weighted by molar-refractivity contribution is -0.116. The van der Waals surface area contributed by atoms with Gasteiger partial charge in [-0.15, -0.1) is 0 Å². The predicted octanol–water partition coefficient (Wildman–Crippen LogP) is 2.50. The lowest BCUT2D eigenvalue weighted by atomic mass is 10.1. The SMILES string of the molecule is Cc1cccc(CCC(=O)Nc2cccc(S(=O)(=O)N3CCN(C)CC3)c2)c1. The van der Waals surface area contributed by atoms with Crippen LogP contribution in [0.15, 0.2) is 53.4 Å². The van der Waals surface area contributed by atoms with Crippen molar-refractivity contribution >= 4 is 21.6 Å². The summed E-state index contributed by atoms with van der Waals surface area (Å²) in [6.07, 6.45) is 0.992. The molecule has 0 atom stereocenters. The molecule has 3 rings (SSSR count). The molecular weight excluding hydrogens is 374 g/mol. The van der Waals surface area contributed by atoms with Gasteiger partial charge in [-0.2, -0.15) is 4.31 Å². The second-order valence-electron chi connectivity index (χ2n) is 7.27. The minimum absolute atomic E-state index is 0.129. The summed E-state index contributed by atoms with van der Waals surface area (Å²) in [5.74, 6) is -0.129. The van der Waals surface area contributed by atoms with Gasteiger partial charge in [-0.05, 0) is 44.2 Å². The fourth-order valence-electron chi connectivity index (χ4n) is 3.26. The Morgan fingerprint density at radius 3 is 2.46 bits per heavy atom. The summed E-state index contributed by atoms with van der Waals surface area (Å²) in [5, 5.41) is 2.82. The Bertz CT molecular complexity index is 935. The van der Waals surface area contributed by atoms with Gasteiger partial charge in [-0.3, -0.25) is 4.79 Å². The summed E-state index contributed by atoms with van der Waals surface area (Å²) < 4.78 is 27.2. The Labute approximate surface area is 167 Å². The fourth-order valence-corrected chi connectivity index (χ4v) is 4.73. The molecule has 1 N–H and O–H groups in total. The largest absolute Gasteiger partial charge is 0.326 e. The van der Waals surface area contributed by atoms with Crippen LogP contribution >= 0.6 is 0 Å². The molecule has 0 unspecified atom stereocenters. The molecule has 1 fully saturated rings. The number of aryl methyl sites for hydroxylation is 2. The number of piperazine rings is 1. The molecule has 6 nitrogen and oxygen atoms in total. The summed E-state index contributed by atoms with van der Waals surface area (Å²) >= 11 is 0. The number of amides is 1. The smallest absolute Gasteiger partial charge is 0.243 e. The van der Waals surface area contributed by atoms with Crippen molar-refractivity contribution in [1.29, 1.82) is 0 Å². The summed E-state index contributed by atoms with van der Waals surface area (Å²) in [5.41, 5.74) is 2.78. The maximum Gasteiger partial charge on any atom is 0.243 e. The van der Waals surface area contributed by atoms with E-state index in [2.05, 4.69) is 16.3 Å². The number of hydrogen-bond donors (Lipinski definition) is 1. The first-order chi connectivity index (χ1) is 13.3. The molecule has 0 saturated carbocycles. The van der Waals surface area contributed by atoms with Gasteiger partial charge in [0, 0.05) is 38.3 Å². The van der Waals surface area contributed by atoms with Gasteiger partial charge >= 0.3 is 0 Å². The van der Waals surface area contributed by atoms with Gasteiger partial charge in [0.25, 0.3) is 0 Å². The quantitative estimate of drug-likeness (QED) is 0.807. The van der Waals surface area contributed by atoms with E-state index in [1.807, 2.05) is 32.2 Å². The second kappa shape index (κ2) is 8.86. The van der Waals surface area contributed by atoms with E-state index in [1.54, 1.807) is 18.2 Å². The highest BCUT2D eigenvalue weighted by molar-refractivity contribution is 7.89. The van der Waals surface area contributed by atoms with Crippen LogP contribution in [0.4, 0.5) is 5.69 Å². The average Bonchev–Trinajstić information content (AvgIpc) is 2.67. The number of nitrogens with one attached hydrogen (secondary N) is 1. The van der Waals surface area contributed by atoms with Crippen LogP contribution < -0.4 is 5.32 Å². The van der Waals surface area contributed by atoms with Crippen molar-refractivity contribution in [1.82, 2.24) is 9.21 Å². The van der Waals surface area contributed by atoms with Gasteiger partial charge in [-0.1, -0.05) is 35.9 Å². The van der Waals surface area contributed by atoms with Gasteiger partial charge in [0.05, 0.1) is 4.90 Å². The molecule has 0 aliphatic carbocycles. The van der Waals surface area contributed by atoms with Crippen LogP contribution in [0, 0.1) is 6.92 Å². The first-order valence-corrected chi connectivity index (χ1v) is 10.9. The molecule has 0 bridgehead atoms. The zero-order chi connectivity index (χ0) is 20.1. The topological polar surface area (TPSA) is 69.7 Å². The number of likely N-dealkylation sites (N-methyl/N-ethyl adjacent to an activating group) is 1. The van der Waals surface area contributed by atoms with E-state index < -0.39 is 10.0 Å². The number of carbonyl (C=O) groups excluding carboxylic acids is 1. The maximum atomic E-state index is 12.9. The van der Waals surface area contributed by atoms with E-state index in [0.717, 1.165) is 5.56 Å². The van der Waals surface area contributed by atoms with E-state index in [1.165, 1.54) is 15.9 Å². The fraction of sp³-hybridized carbons (Fsp3) is 0.381. The van der Waals surface area contributed by atoms with Gasteiger partial charge < -0.3 is 10.2 Å². The molecule has 1 aliphatic heterocycles. The van der Waals surface area contributed by atoms with E-state index >= 15 is 0 Å². The summed E-state index contributed by atoms with van der Waals surface area (Å²) in [6, 6.07) is 14.6. The van der Waals surface area contributed by atoms with Crippen molar-refractivity contribution < 1.29 is 13.2 Å². The second-order valence-corrected chi connectivity index (χ2v) is 9.21. The zero-order valence-electron chi connectivity index (χ0n) is 16.4. The number of rotatable bonds is 6. The van der Waals surface area contributed by atoms with Gasteiger partial charge in [-0.25, -0.2) is 8.42 Å². The van der Waals surface area contributed by atoms with E-state index in [9.17, 15) is 13.2 Å². The molecule has 0 spiro atoms. The number of carbonyl (C=O) groups is 1. The molecule has 0 aromatic heterocycles. The summed E-state index contributed by atoms with van der Waals surface area (Å²) in [4.78, 5) is 14.6. The summed E-state index contributed by atoms with van der Waals surface area (Å²) in [7, 11) is -1.57. The van der Waals surface area contributed by atoms with Crippen molar-refractivity contribution in [2.24, 2.45) is 0 Å². The minimum Gasteiger partial charge on any atom is -0.326 e. The van der Waals surface area contributed by atoms with Crippen LogP contribution in [-0.4, -0.2) is 56.8 Å². The zero-order valence-corrected chi connectivity index (χ0v) is 17.2. The molecule has 28 heavy (non-hydrogen) atoms. The third-order valence-corrected chi connectivity index (χ3v) is 6.84. The van der Waals surface area contributed by atoms with Gasteiger partial charge in [0.1, 0.15) is 0 Å². The number of hydrogen-bond acceptors (Lipinski definition) is 4. The number of sulfonamides is 1. The standard InChI is InChI=1S/C21H27N3O3S/c1-17-5-3-6-18(15-17)9-10-21(25)22-19-7-4-8-20(16-19)28(26,27)24-13-11-23(2)12-14-24/h3-8,15-16H,9-14H2,1-2H3,(H,22,25). The third-order valence-electron chi connectivity index (χ3n) is 4.94. The lowest BCUT2D eigenvalue weighted by Gasteiger charge is -2.31. The van der Waals surface area contributed by atoms with Crippen LogP contribution in [0.2, 0.25) is 0 Å². The highest BCUT2D eigenvalue weighted by Gasteiger charge is 2.27. The Morgan fingerprint density at radius 2 is 1.75 bits per heavy atom. The van der Waals surface area contributed by atoms with Crippen LogP contribution in [0.25, 0.3) is 0 Å². The van der Waals surface area contributed by atoms with Crippen molar-refractivity contribution in [3.8, 4) is 0 Å². The molecule has 1 aliphatic rings. The molecular formula is C21H27N3O3S. The number of anilines is 1. The maximum absolute atomic E-state index is 12.9. The van der Waals surface area contributed by atoms with Crippen LogP contribution in [0.3, 0.4) is 0 Å². The molecule has 1 saturated heterocycles. The highest BCUT2D eigenvalue weighted by Crippen LogP contribution is 2.21. The van der Waals surface area contributed by atoms with E-state index in [0.29, 0.717) is 44.7 Å². The van der Waals surface area contributed by atoms with E-state index in [4.69, 9.17) is 0 Å². The predicted molar refractivity (Wildman–Crippen MR) is 111 cm³/mol. The van der Waals surface area contributed by atoms with Crippen molar-refractivity contribution in [3.63, 3.8) is 0 Å². The molecule has 1 heterocycles. The average molecular weight is 402 g/mol. The van der Waals surface area contributed by atoms with E-state index in [-0.39, 0.29) is 10.8 Å². The Hall–Kier alpha value is -2.22. The highest BCUT2D eigenvalue weighted by atomic mass is 32.2. The third kappa shape index (κ3) is 5.19. The van der Waals surface area contributed by atoms with Gasteiger partial charge in [0.2, 0.25) is 15.9 Å². The molecule has 2 aromatic rings.